The number of nitrogens with zero attached hydrogens (tertiary/aromatic N) is 9. The van der Waals surface area contributed by atoms with Crippen LogP contribution in [0, 0.1) is 48.1 Å². The zero-order chi connectivity index (χ0) is 27.8. The van der Waals surface area contributed by atoms with Crippen molar-refractivity contribution in [1.29, 1.82) is 0 Å². The summed E-state index contributed by atoms with van der Waals surface area (Å²) in [5, 5.41) is 14.0. The predicted molar refractivity (Wildman–Crippen MR) is 125 cm³/mol. The van der Waals surface area contributed by atoms with Crippen LogP contribution in [-0.2, 0) is 34.2 Å². The summed E-state index contributed by atoms with van der Waals surface area (Å²) < 4.78 is 57.7. The van der Waals surface area contributed by atoms with Crippen molar-refractivity contribution < 1.29 is 46.8 Å². The third kappa shape index (κ3) is 7.98. The molecule has 0 fully saturated rings. The van der Waals surface area contributed by atoms with Gasteiger partial charge in [-0.15, -0.1) is 24.3 Å². The molecule has 0 bridgehead atoms. The van der Waals surface area contributed by atoms with E-state index in [0.717, 1.165) is 24.3 Å². The average molecular weight is 725 g/mol. The minimum atomic E-state index is -0.655. The van der Waals surface area contributed by atoms with Crippen LogP contribution in [0.3, 0.4) is 0 Å². The van der Waals surface area contributed by atoms with E-state index < -0.39 is 23.3 Å². The molecule has 1 radical (unpaired) electrons. The van der Waals surface area contributed by atoms with E-state index in [2.05, 4.69) is 50.4 Å². The summed E-state index contributed by atoms with van der Waals surface area (Å²) in [5.74, 6) is -2.12. The Hall–Kier alpha value is -4.55. The maximum atomic E-state index is 13.2. The fraction of sp³-hybridized carbons (Fsp3) is 0.0769. The van der Waals surface area contributed by atoms with Gasteiger partial charge in [-0.25, -0.2) is 0 Å². The van der Waals surface area contributed by atoms with Crippen LogP contribution in [-0.4, -0.2) is 29.6 Å². The van der Waals surface area contributed by atoms with Gasteiger partial charge in [0.25, 0.3) is 0 Å². The molecule has 4 aromatic heterocycles. The first kappa shape index (κ1) is 30.0. The molecule has 0 aliphatic carbocycles. The SMILES string of the molecule is C[n+]1[c-]n(-c2[c-]cc(F)cc2F)cc1.C[n+]1[c-]n(-c2[c-]cc(F)cc2F)cc1.[Ir].c1ccc(-c2nnn[n-]2)nc1. The predicted octanol–water partition coefficient (Wildman–Crippen LogP) is 2.25. The molecule has 0 atom stereocenters. The van der Waals surface area contributed by atoms with Gasteiger partial charge in [0.1, 0.15) is 0 Å². The van der Waals surface area contributed by atoms with Crippen LogP contribution in [0.5, 0.6) is 0 Å². The van der Waals surface area contributed by atoms with Crippen molar-refractivity contribution in [3.8, 4) is 22.9 Å². The van der Waals surface area contributed by atoms with Crippen molar-refractivity contribution in [2.24, 2.45) is 14.1 Å². The molecule has 0 unspecified atom stereocenters. The largest absolute Gasteiger partial charge is 0.345 e. The van der Waals surface area contributed by atoms with Crippen LogP contribution in [0.25, 0.3) is 22.9 Å². The number of aryl methyl sites for hydroxylation is 2. The Bertz CT molecular complexity index is 1550. The van der Waals surface area contributed by atoms with Gasteiger partial charge in [-0.3, -0.25) is 32.9 Å². The van der Waals surface area contributed by atoms with Gasteiger partial charge in [-0.1, -0.05) is 6.07 Å². The van der Waals surface area contributed by atoms with Crippen LogP contribution >= 0.6 is 0 Å². The molecule has 4 heterocycles. The zero-order valence-electron chi connectivity index (χ0n) is 20.8. The summed E-state index contributed by atoms with van der Waals surface area (Å²) in [6.45, 7) is 0. The fourth-order valence-corrected chi connectivity index (χ4v) is 3.04. The summed E-state index contributed by atoms with van der Waals surface area (Å²) in [7, 11) is 3.52. The molecule has 2 aromatic carbocycles. The number of rotatable bonds is 3. The molecule has 6 rings (SSSR count). The number of imidazole rings is 2. The van der Waals surface area contributed by atoms with E-state index in [1.54, 1.807) is 60.3 Å². The minimum absolute atomic E-state index is 0. The number of hydrogen-bond donors (Lipinski definition) is 0. The van der Waals surface area contributed by atoms with Gasteiger partial charge in [-0.05, 0) is 23.5 Å². The molecule has 0 spiro atoms. The maximum Gasteiger partial charge on any atom is 0.241 e. The second kappa shape index (κ2) is 14.0. The van der Waals surface area contributed by atoms with Crippen molar-refractivity contribution in [3.05, 3.63) is 122 Å². The summed E-state index contributed by atoms with van der Waals surface area (Å²) in [5.41, 5.74) is 1.01. The number of benzene rings is 2. The first-order chi connectivity index (χ1) is 18.8. The Balaban J connectivity index is 0.000000165. The Morgan fingerprint density at radius 1 is 0.825 bits per heavy atom. The van der Waals surface area contributed by atoms with Crippen molar-refractivity contribution in [2.45, 2.75) is 0 Å². The normalized spacial score (nSPS) is 10.1. The summed E-state index contributed by atoms with van der Waals surface area (Å²) in [6, 6.07) is 14.3. The number of pyridine rings is 1. The Morgan fingerprint density at radius 2 is 1.38 bits per heavy atom. The molecule has 207 valence electrons. The van der Waals surface area contributed by atoms with E-state index in [4.69, 9.17) is 0 Å². The van der Waals surface area contributed by atoms with Crippen molar-refractivity contribution in [1.82, 2.24) is 34.7 Å². The van der Waals surface area contributed by atoms with E-state index in [0.29, 0.717) is 11.5 Å². The smallest absolute Gasteiger partial charge is 0.241 e. The van der Waals surface area contributed by atoms with Gasteiger partial charge >= 0.3 is 0 Å². The quantitative estimate of drug-likeness (QED) is 0.159. The second-order valence-electron chi connectivity index (χ2n) is 7.70. The third-order valence-electron chi connectivity index (χ3n) is 4.78. The molecule has 14 heteroatoms. The van der Waals surface area contributed by atoms with Gasteiger partial charge < -0.3 is 23.4 Å². The molecule has 0 aliphatic heterocycles. The number of aromatic nitrogens is 9. The molecule has 0 amide bonds. The van der Waals surface area contributed by atoms with E-state index in [1.165, 1.54) is 9.13 Å². The van der Waals surface area contributed by atoms with E-state index in [1.807, 2.05) is 12.1 Å². The topological polar surface area (TPSA) is 83.3 Å². The molecule has 0 aliphatic rings. The molecule has 0 N–H and O–H groups in total. The first-order valence-corrected chi connectivity index (χ1v) is 11.1. The van der Waals surface area contributed by atoms with Crippen molar-refractivity contribution in [2.75, 3.05) is 0 Å². The number of tetrazole rings is 1. The van der Waals surface area contributed by atoms with Gasteiger partial charge in [0.05, 0.1) is 25.6 Å². The standard InChI is InChI=1S/2C10H7F2N2.C6H4N5.Ir/c2*1-13-4-5-14(7-13)10-3-2-8(11)6-9(10)12;1-2-4-7-5(3-1)6-8-10-11-9-6;/h2*2,4-6H,1H3;1-4H;/q3*-1;. The molecule has 9 nitrogen and oxygen atoms in total. The number of hydrogen-bond acceptors (Lipinski definition) is 4. The van der Waals surface area contributed by atoms with E-state index in [9.17, 15) is 17.6 Å². The molecule has 0 saturated heterocycles. The maximum absolute atomic E-state index is 13.2. The molecular weight excluding hydrogens is 707 g/mol. The molecular formula is C26H18F4IrN9-3. The fourth-order valence-electron chi connectivity index (χ4n) is 3.04. The summed E-state index contributed by atoms with van der Waals surface area (Å²) in [4.78, 5) is 4.02. The van der Waals surface area contributed by atoms with Crippen LogP contribution in [0.2, 0.25) is 0 Å². The van der Waals surface area contributed by atoms with Crippen molar-refractivity contribution in [3.63, 3.8) is 0 Å². The molecule has 40 heavy (non-hydrogen) atoms. The Labute approximate surface area is 239 Å². The molecule has 0 saturated carbocycles. The zero-order valence-corrected chi connectivity index (χ0v) is 23.2. The summed E-state index contributed by atoms with van der Waals surface area (Å²) in [6.07, 6.45) is 13.9. The monoisotopic (exact) mass is 725 g/mol. The second-order valence-corrected chi connectivity index (χ2v) is 7.70. The molecule has 6 aromatic rings. The van der Waals surface area contributed by atoms with Gasteiger partial charge in [0, 0.05) is 74.4 Å². The van der Waals surface area contributed by atoms with E-state index in [-0.39, 0.29) is 31.5 Å². The van der Waals surface area contributed by atoms with Crippen LogP contribution in [0.4, 0.5) is 17.6 Å². The van der Waals surface area contributed by atoms with Crippen LogP contribution in [0.15, 0.2) is 73.4 Å². The van der Waals surface area contributed by atoms with Crippen LogP contribution < -0.4 is 14.2 Å². The average Bonchev–Trinajstić information content (AvgIpc) is 3.69. The first-order valence-electron chi connectivity index (χ1n) is 11.1. The van der Waals surface area contributed by atoms with Gasteiger partial charge in [-0.2, -0.15) is 17.3 Å². The Kier molecular flexibility index (Phi) is 10.5. The van der Waals surface area contributed by atoms with Gasteiger partial charge in [0.2, 0.25) is 12.7 Å². The summed E-state index contributed by atoms with van der Waals surface area (Å²) >= 11 is 0. The minimum Gasteiger partial charge on any atom is -0.345 e. The van der Waals surface area contributed by atoms with Crippen molar-refractivity contribution >= 4 is 0 Å². The number of halogens is 4. The van der Waals surface area contributed by atoms with E-state index >= 15 is 0 Å². The third-order valence-corrected chi connectivity index (χ3v) is 4.78. The van der Waals surface area contributed by atoms with Crippen LogP contribution in [0.1, 0.15) is 0 Å². The van der Waals surface area contributed by atoms with Gasteiger partial charge in [0.15, 0.2) is 0 Å². The Morgan fingerprint density at radius 3 is 1.75 bits per heavy atom.